The summed E-state index contributed by atoms with van der Waals surface area (Å²) in [5, 5.41) is 0. The lowest BCUT2D eigenvalue weighted by atomic mass is 9.81. The first-order chi connectivity index (χ1) is 12.3. The van der Waals surface area contributed by atoms with Gasteiger partial charge < -0.3 is 18.9 Å². The number of carbonyl (C=O) groups excluding carboxylic acids is 1. The molecule has 0 radical (unpaired) electrons. The van der Waals surface area contributed by atoms with E-state index in [2.05, 4.69) is 0 Å². The summed E-state index contributed by atoms with van der Waals surface area (Å²) < 4.78 is 22.7. The number of rotatable bonds is 8. The van der Waals surface area contributed by atoms with Gasteiger partial charge in [0, 0.05) is 12.3 Å². The minimum Gasteiger partial charge on any atom is -0.466 e. The molecule has 0 N–H and O–H groups in total. The minimum atomic E-state index is -0.413. The van der Waals surface area contributed by atoms with Crippen LogP contribution < -0.4 is 0 Å². The van der Waals surface area contributed by atoms with Crippen LogP contribution in [0.3, 0.4) is 0 Å². The van der Waals surface area contributed by atoms with E-state index in [-0.39, 0.29) is 12.4 Å². The second-order valence-electron chi connectivity index (χ2n) is 6.75. The number of hydrogen-bond donors (Lipinski definition) is 0. The van der Waals surface area contributed by atoms with Crippen LogP contribution in [0.1, 0.15) is 44.1 Å². The van der Waals surface area contributed by atoms with Crippen LogP contribution in [-0.4, -0.2) is 38.2 Å². The van der Waals surface area contributed by atoms with E-state index < -0.39 is 5.79 Å². The van der Waals surface area contributed by atoms with E-state index >= 15 is 0 Å². The third kappa shape index (κ3) is 5.27. The fraction of sp³-hybridized carbons (Fsp3) is 0.650. The molecule has 0 bridgehead atoms. The van der Waals surface area contributed by atoms with E-state index in [4.69, 9.17) is 18.9 Å². The van der Waals surface area contributed by atoms with Crippen LogP contribution in [0.4, 0.5) is 0 Å². The van der Waals surface area contributed by atoms with Crippen molar-refractivity contribution in [1.29, 1.82) is 0 Å². The first kappa shape index (κ1) is 18.4. The van der Waals surface area contributed by atoms with Gasteiger partial charge in [0.15, 0.2) is 5.79 Å². The smallest absolute Gasteiger partial charge is 0.308 e. The van der Waals surface area contributed by atoms with Gasteiger partial charge in [-0.15, -0.1) is 0 Å². The predicted molar refractivity (Wildman–Crippen MR) is 92.9 cm³/mol. The Morgan fingerprint density at radius 3 is 2.72 bits per heavy atom. The molecule has 1 spiro atoms. The second kappa shape index (κ2) is 9.32. The van der Waals surface area contributed by atoms with Gasteiger partial charge in [-0.2, -0.15) is 0 Å². The molecule has 5 nitrogen and oxygen atoms in total. The molecule has 0 amide bonds. The molecule has 3 rings (SSSR count). The van der Waals surface area contributed by atoms with Crippen molar-refractivity contribution in [2.24, 2.45) is 5.92 Å². The van der Waals surface area contributed by atoms with Gasteiger partial charge in [0.05, 0.1) is 39.5 Å². The highest BCUT2D eigenvalue weighted by molar-refractivity contribution is 5.69. The van der Waals surface area contributed by atoms with Gasteiger partial charge >= 0.3 is 5.97 Å². The van der Waals surface area contributed by atoms with E-state index in [0.717, 1.165) is 31.2 Å². The quantitative estimate of drug-likeness (QED) is 0.532. The molecular formula is C20H28O5. The summed E-state index contributed by atoms with van der Waals surface area (Å²) in [6.45, 7) is 2.68. The summed E-state index contributed by atoms with van der Waals surface area (Å²) >= 11 is 0. The normalized spacial score (nSPS) is 22.2. The zero-order valence-electron chi connectivity index (χ0n) is 14.8. The molecule has 2 aliphatic rings. The first-order valence-electron chi connectivity index (χ1n) is 9.34. The maximum atomic E-state index is 11.8. The molecule has 1 unspecified atom stereocenters. The van der Waals surface area contributed by atoms with Gasteiger partial charge in [0.2, 0.25) is 0 Å². The Morgan fingerprint density at radius 2 is 1.92 bits per heavy atom. The van der Waals surface area contributed by atoms with Crippen LogP contribution in [0.15, 0.2) is 30.3 Å². The summed E-state index contributed by atoms with van der Waals surface area (Å²) in [6, 6.07) is 9.93. The number of ether oxygens (including phenoxy) is 4. The molecule has 138 valence electrons. The number of carbonyl (C=O) groups is 1. The highest BCUT2D eigenvalue weighted by Gasteiger charge is 2.45. The molecule has 2 fully saturated rings. The van der Waals surface area contributed by atoms with Crippen LogP contribution >= 0.6 is 0 Å². The molecule has 1 heterocycles. The van der Waals surface area contributed by atoms with Crippen LogP contribution in [0.5, 0.6) is 0 Å². The third-order valence-corrected chi connectivity index (χ3v) is 5.02. The van der Waals surface area contributed by atoms with Gasteiger partial charge in [0.25, 0.3) is 0 Å². The largest absolute Gasteiger partial charge is 0.466 e. The van der Waals surface area contributed by atoms with Gasteiger partial charge in [-0.1, -0.05) is 36.8 Å². The maximum absolute atomic E-state index is 11.8. The summed E-state index contributed by atoms with van der Waals surface area (Å²) in [7, 11) is 0. The van der Waals surface area contributed by atoms with E-state index in [0.29, 0.717) is 39.0 Å². The minimum absolute atomic E-state index is 0.203. The average molecular weight is 348 g/mol. The predicted octanol–water partition coefficient (Wildman–Crippen LogP) is 3.46. The van der Waals surface area contributed by atoms with Gasteiger partial charge in [-0.3, -0.25) is 4.79 Å². The SMILES string of the molecule is O=C(CCOCc1ccccc1)OCCC1CCCCC12OCCO2. The Hall–Kier alpha value is -1.43. The highest BCUT2D eigenvalue weighted by Crippen LogP contribution is 2.42. The third-order valence-electron chi connectivity index (χ3n) is 5.02. The van der Waals surface area contributed by atoms with Crippen molar-refractivity contribution >= 4 is 5.97 Å². The van der Waals surface area contributed by atoms with E-state index in [1.165, 1.54) is 6.42 Å². The molecule has 1 aromatic carbocycles. The molecule has 1 aromatic rings. The molecule has 1 aliphatic heterocycles. The molecule has 5 heteroatoms. The Morgan fingerprint density at radius 1 is 1.12 bits per heavy atom. The van der Waals surface area contributed by atoms with Crippen molar-refractivity contribution in [3.63, 3.8) is 0 Å². The summed E-state index contributed by atoms with van der Waals surface area (Å²) in [5.41, 5.74) is 1.11. The number of hydrogen-bond acceptors (Lipinski definition) is 5. The molecule has 1 saturated heterocycles. The van der Waals surface area contributed by atoms with Crippen molar-refractivity contribution in [2.75, 3.05) is 26.4 Å². The summed E-state index contributed by atoms with van der Waals surface area (Å²) in [4.78, 5) is 11.8. The van der Waals surface area contributed by atoms with Gasteiger partial charge in [0.1, 0.15) is 0 Å². The van der Waals surface area contributed by atoms with Gasteiger partial charge in [-0.05, 0) is 24.8 Å². The van der Waals surface area contributed by atoms with Gasteiger partial charge in [-0.25, -0.2) is 0 Å². The van der Waals surface area contributed by atoms with E-state index in [1.807, 2.05) is 30.3 Å². The van der Waals surface area contributed by atoms with Crippen molar-refractivity contribution in [2.45, 2.75) is 50.9 Å². The van der Waals surface area contributed by atoms with E-state index in [9.17, 15) is 4.79 Å². The molecule has 0 aromatic heterocycles. The molecule has 1 aliphatic carbocycles. The van der Waals surface area contributed by atoms with Crippen LogP contribution in [0, 0.1) is 5.92 Å². The van der Waals surface area contributed by atoms with Crippen molar-refractivity contribution in [3.8, 4) is 0 Å². The lowest BCUT2D eigenvalue weighted by Gasteiger charge is -2.39. The Bertz CT molecular complexity index is 524. The topological polar surface area (TPSA) is 54.0 Å². The highest BCUT2D eigenvalue weighted by atomic mass is 16.7. The van der Waals surface area contributed by atoms with Crippen LogP contribution in [0.2, 0.25) is 0 Å². The Labute approximate surface area is 149 Å². The van der Waals surface area contributed by atoms with Crippen LogP contribution in [0.25, 0.3) is 0 Å². The fourth-order valence-electron chi connectivity index (χ4n) is 3.71. The number of benzene rings is 1. The zero-order valence-corrected chi connectivity index (χ0v) is 14.8. The van der Waals surface area contributed by atoms with Crippen molar-refractivity contribution < 1.29 is 23.7 Å². The van der Waals surface area contributed by atoms with E-state index in [1.54, 1.807) is 0 Å². The average Bonchev–Trinajstić information content (AvgIpc) is 3.10. The Balaban J connectivity index is 1.30. The summed E-state index contributed by atoms with van der Waals surface area (Å²) in [6.07, 6.45) is 5.47. The summed E-state index contributed by atoms with van der Waals surface area (Å²) in [5.74, 6) is -0.291. The molecule has 25 heavy (non-hydrogen) atoms. The lowest BCUT2D eigenvalue weighted by Crippen LogP contribution is -2.42. The lowest BCUT2D eigenvalue weighted by molar-refractivity contribution is -0.216. The number of esters is 1. The fourth-order valence-corrected chi connectivity index (χ4v) is 3.71. The standard InChI is InChI=1S/C20H28O5/c21-19(10-12-22-16-17-6-2-1-3-7-17)23-13-9-18-8-4-5-11-20(18)24-14-15-25-20/h1-3,6-7,18H,4-5,8-16H2. The second-order valence-corrected chi connectivity index (χ2v) is 6.75. The maximum Gasteiger partial charge on any atom is 0.308 e. The van der Waals surface area contributed by atoms with Crippen molar-refractivity contribution in [3.05, 3.63) is 35.9 Å². The molecule has 1 saturated carbocycles. The molecular weight excluding hydrogens is 320 g/mol. The van der Waals surface area contributed by atoms with Crippen LogP contribution in [-0.2, 0) is 30.3 Å². The monoisotopic (exact) mass is 348 g/mol. The van der Waals surface area contributed by atoms with Crippen molar-refractivity contribution in [1.82, 2.24) is 0 Å². The Kier molecular flexibility index (Phi) is 6.84. The first-order valence-corrected chi connectivity index (χ1v) is 9.34. The molecule has 1 atom stereocenters. The zero-order chi connectivity index (χ0) is 17.4.